The number of nitro groups is 1. The van der Waals surface area contributed by atoms with Crippen molar-refractivity contribution >= 4 is 11.7 Å². The number of carbonyl (C=O) groups excluding carboxylic acids is 1. The van der Waals surface area contributed by atoms with Crippen LogP contribution in [-0.4, -0.2) is 23.0 Å². The molecule has 1 aromatic rings. The highest BCUT2D eigenvalue weighted by Crippen LogP contribution is 2.28. The van der Waals surface area contributed by atoms with E-state index in [-0.39, 0.29) is 0 Å². The molecule has 9 heteroatoms. The number of alkyl halides is 2. The Bertz CT molecular complexity index is 493. The van der Waals surface area contributed by atoms with E-state index in [1.54, 1.807) is 0 Å². The van der Waals surface area contributed by atoms with Gasteiger partial charge in [0.25, 0.3) is 12.1 Å². The molecular formula is C9H7F3N2O4. The molecule has 6 nitrogen and oxygen atoms in total. The highest BCUT2D eigenvalue weighted by molar-refractivity contribution is 5.72. The Morgan fingerprint density at radius 3 is 2.67 bits per heavy atom. The fourth-order valence-electron chi connectivity index (χ4n) is 1.17. The maximum atomic E-state index is 13.3. The van der Waals surface area contributed by atoms with Crippen molar-refractivity contribution in [3.63, 3.8) is 0 Å². The van der Waals surface area contributed by atoms with Gasteiger partial charge in [-0.1, -0.05) is 0 Å². The van der Waals surface area contributed by atoms with Crippen molar-refractivity contribution in [3.05, 3.63) is 33.4 Å². The average Bonchev–Trinajstić information content (AvgIpc) is 2.30. The second kappa shape index (κ2) is 5.43. The number of esters is 1. The molecule has 0 aromatic carbocycles. The molecule has 0 unspecified atom stereocenters. The summed E-state index contributed by atoms with van der Waals surface area (Å²) in [7, 11) is 1.03. The zero-order valence-corrected chi connectivity index (χ0v) is 9.02. The molecule has 1 aromatic heterocycles. The number of hydrogen-bond acceptors (Lipinski definition) is 5. The second-order valence-electron chi connectivity index (χ2n) is 3.13. The Kier molecular flexibility index (Phi) is 4.18. The third-order valence-corrected chi connectivity index (χ3v) is 2.00. The number of hydrogen-bond donors (Lipinski definition) is 0. The molecular weight excluding hydrogens is 257 g/mol. The Balaban J connectivity index is 3.27. The van der Waals surface area contributed by atoms with Crippen LogP contribution in [0.3, 0.4) is 0 Å². The highest BCUT2D eigenvalue weighted by Gasteiger charge is 2.27. The molecule has 0 bridgehead atoms. The summed E-state index contributed by atoms with van der Waals surface area (Å²) in [6.45, 7) is 0. The Morgan fingerprint density at radius 2 is 2.22 bits per heavy atom. The number of aromatic nitrogens is 1. The minimum atomic E-state index is -3.25. The van der Waals surface area contributed by atoms with Gasteiger partial charge < -0.3 is 4.74 Å². The molecule has 1 rings (SSSR count). The van der Waals surface area contributed by atoms with Crippen LogP contribution in [0.2, 0.25) is 0 Å². The summed E-state index contributed by atoms with van der Waals surface area (Å²) in [5.74, 6) is -2.10. The molecule has 0 spiro atoms. The summed E-state index contributed by atoms with van der Waals surface area (Å²) in [6, 6.07) is 0.312. The van der Waals surface area contributed by atoms with Crippen LogP contribution in [0.25, 0.3) is 0 Å². The van der Waals surface area contributed by atoms with Gasteiger partial charge in [0.1, 0.15) is 0 Å². The van der Waals surface area contributed by atoms with E-state index in [1.807, 2.05) is 0 Å². The quantitative estimate of drug-likeness (QED) is 0.470. The first-order valence-electron chi connectivity index (χ1n) is 4.55. The fourth-order valence-corrected chi connectivity index (χ4v) is 1.17. The maximum Gasteiger partial charge on any atom is 0.311 e. The van der Waals surface area contributed by atoms with Gasteiger partial charge in [0.15, 0.2) is 11.5 Å². The molecule has 98 valence electrons. The standard InChI is InChI=1S/C9H7F3N2O4/c1-18-7(15)3-5-4(10)2-6(14(16)17)8(13-5)9(11)12/h2,9H,3H2,1H3. The SMILES string of the molecule is COC(=O)Cc1nc(C(F)F)c([N+](=O)[O-])cc1F. The highest BCUT2D eigenvalue weighted by atomic mass is 19.3. The van der Waals surface area contributed by atoms with Crippen LogP contribution in [0.15, 0.2) is 6.07 Å². The monoisotopic (exact) mass is 264 g/mol. The number of pyridine rings is 1. The van der Waals surface area contributed by atoms with E-state index < -0.39 is 46.6 Å². The fraction of sp³-hybridized carbons (Fsp3) is 0.333. The first-order chi connectivity index (χ1) is 8.36. The first-order valence-corrected chi connectivity index (χ1v) is 4.55. The predicted octanol–water partition coefficient (Wildman–Crippen LogP) is 1.78. The molecule has 0 aliphatic carbocycles. The van der Waals surface area contributed by atoms with Gasteiger partial charge in [-0.25, -0.2) is 18.2 Å². The summed E-state index contributed by atoms with van der Waals surface area (Å²) >= 11 is 0. The van der Waals surface area contributed by atoms with E-state index in [0.717, 1.165) is 7.11 Å². The normalized spacial score (nSPS) is 10.5. The molecule has 0 N–H and O–H groups in total. The smallest absolute Gasteiger partial charge is 0.311 e. The summed E-state index contributed by atoms with van der Waals surface area (Å²) in [5, 5.41) is 10.4. The summed E-state index contributed by atoms with van der Waals surface area (Å²) in [4.78, 5) is 23.3. The number of ether oxygens (including phenoxy) is 1. The van der Waals surface area contributed by atoms with Crippen molar-refractivity contribution in [2.24, 2.45) is 0 Å². The molecule has 0 amide bonds. The van der Waals surface area contributed by atoms with Gasteiger partial charge in [0, 0.05) is 0 Å². The van der Waals surface area contributed by atoms with Gasteiger partial charge in [-0.3, -0.25) is 14.9 Å². The summed E-state index contributed by atoms with van der Waals surface area (Å²) < 4.78 is 42.6. The number of halogens is 3. The number of carbonyl (C=O) groups is 1. The zero-order valence-electron chi connectivity index (χ0n) is 9.02. The van der Waals surface area contributed by atoms with Gasteiger partial charge >= 0.3 is 5.97 Å². The third kappa shape index (κ3) is 2.93. The average molecular weight is 264 g/mol. The van der Waals surface area contributed by atoms with E-state index in [9.17, 15) is 28.1 Å². The van der Waals surface area contributed by atoms with Crippen molar-refractivity contribution in [1.29, 1.82) is 0 Å². The van der Waals surface area contributed by atoms with E-state index in [1.165, 1.54) is 0 Å². The van der Waals surface area contributed by atoms with Crippen molar-refractivity contribution in [1.82, 2.24) is 4.98 Å². The number of nitrogens with zero attached hydrogens (tertiary/aromatic N) is 2. The Labute approximate surface area is 98.5 Å². The second-order valence-corrected chi connectivity index (χ2v) is 3.13. The van der Waals surface area contributed by atoms with Crippen LogP contribution < -0.4 is 0 Å². The van der Waals surface area contributed by atoms with Crippen molar-refractivity contribution in [3.8, 4) is 0 Å². The molecule has 0 radical (unpaired) electrons. The molecule has 18 heavy (non-hydrogen) atoms. The summed E-state index contributed by atoms with van der Waals surface area (Å²) in [5.41, 5.74) is -2.93. The topological polar surface area (TPSA) is 82.3 Å². The lowest BCUT2D eigenvalue weighted by atomic mass is 10.2. The van der Waals surface area contributed by atoms with Crippen LogP contribution in [0.1, 0.15) is 17.8 Å². The summed E-state index contributed by atoms with van der Waals surface area (Å²) in [6.07, 6.45) is -3.93. The van der Waals surface area contributed by atoms with Crippen LogP contribution >= 0.6 is 0 Å². The van der Waals surface area contributed by atoms with E-state index >= 15 is 0 Å². The number of methoxy groups -OCH3 is 1. The molecule has 0 fully saturated rings. The third-order valence-electron chi connectivity index (χ3n) is 2.00. The van der Waals surface area contributed by atoms with Gasteiger partial charge in [0.05, 0.1) is 30.2 Å². The molecule has 0 aliphatic heterocycles. The predicted molar refractivity (Wildman–Crippen MR) is 51.5 cm³/mol. The lowest BCUT2D eigenvalue weighted by Crippen LogP contribution is -2.11. The molecule has 0 aliphatic rings. The first kappa shape index (κ1) is 13.9. The minimum absolute atomic E-state index is 0.312. The van der Waals surface area contributed by atoms with E-state index in [0.29, 0.717) is 6.07 Å². The minimum Gasteiger partial charge on any atom is -0.469 e. The van der Waals surface area contributed by atoms with E-state index in [2.05, 4.69) is 9.72 Å². The largest absolute Gasteiger partial charge is 0.469 e. The van der Waals surface area contributed by atoms with Crippen molar-refractivity contribution in [2.75, 3.05) is 7.11 Å². The Morgan fingerprint density at radius 1 is 1.61 bits per heavy atom. The van der Waals surface area contributed by atoms with Crippen LogP contribution in [0.5, 0.6) is 0 Å². The maximum absolute atomic E-state index is 13.3. The van der Waals surface area contributed by atoms with Gasteiger partial charge in [-0.05, 0) is 0 Å². The van der Waals surface area contributed by atoms with Gasteiger partial charge in [0.2, 0.25) is 0 Å². The number of rotatable bonds is 4. The molecule has 0 saturated heterocycles. The lowest BCUT2D eigenvalue weighted by Gasteiger charge is -2.05. The van der Waals surface area contributed by atoms with Crippen molar-refractivity contribution < 1.29 is 27.6 Å². The molecule has 0 saturated carbocycles. The molecule has 0 atom stereocenters. The van der Waals surface area contributed by atoms with Gasteiger partial charge in [-0.2, -0.15) is 0 Å². The lowest BCUT2D eigenvalue weighted by molar-refractivity contribution is -0.386. The van der Waals surface area contributed by atoms with Gasteiger partial charge in [-0.15, -0.1) is 0 Å². The zero-order chi connectivity index (χ0) is 13.9. The van der Waals surface area contributed by atoms with Crippen molar-refractivity contribution in [2.45, 2.75) is 12.8 Å². The van der Waals surface area contributed by atoms with Crippen LogP contribution in [0, 0.1) is 15.9 Å². The van der Waals surface area contributed by atoms with Crippen LogP contribution in [-0.2, 0) is 16.0 Å². The Hall–Kier alpha value is -2.19. The molecule has 1 heterocycles. The van der Waals surface area contributed by atoms with Crippen LogP contribution in [0.4, 0.5) is 18.9 Å². The van der Waals surface area contributed by atoms with E-state index in [4.69, 9.17) is 0 Å².